The van der Waals surface area contributed by atoms with E-state index in [-0.39, 0.29) is 17.7 Å². The second-order valence-electron chi connectivity index (χ2n) is 7.27. The molecule has 3 atom stereocenters. The molecule has 0 bridgehead atoms. The van der Waals surface area contributed by atoms with Crippen molar-refractivity contribution in [1.29, 1.82) is 0 Å². The van der Waals surface area contributed by atoms with Crippen molar-refractivity contribution in [3.05, 3.63) is 15.6 Å². The number of aliphatic hydroxyl groups excluding tert-OH is 1. The van der Waals surface area contributed by atoms with Crippen LogP contribution in [0.2, 0.25) is 0 Å². The molecule has 2 N–H and O–H groups in total. The van der Waals surface area contributed by atoms with E-state index in [2.05, 4.69) is 22.2 Å². The standard InChI is InChI=1S/C17H26N4O3S/c1-20(2)17(24)10-4-5-13(22)12(8-10)18-15(23)16-19-11-6-7-21(3)9-14(11)25-16/h10,12-13,22H,4-9H2,1-3H3,(H,18,23)/t10-,12+,13+/m0/s1. The molecule has 0 saturated heterocycles. The van der Waals surface area contributed by atoms with E-state index >= 15 is 0 Å². The van der Waals surface area contributed by atoms with E-state index in [4.69, 9.17) is 0 Å². The van der Waals surface area contributed by atoms with E-state index in [9.17, 15) is 14.7 Å². The maximum Gasteiger partial charge on any atom is 0.280 e. The first-order chi connectivity index (χ1) is 11.8. The van der Waals surface area contributed by atoms with Crippen molar-refractivity contribution in [2.45, 2.75) is 44.4 Å². The van der Waals surface area contributed by atoms with Crippen LogP contribution in [0.15, 0.2) is 0 Å². The maximum absolute atomic E-state index is 12.6. The molecule has 1 saturated carbocycles. The lowest BCUT2D eigenvalue weighted by Crippen LogP contribution is -2.49. The van der Waals surface area contributed by atoms with Crippen LogP contribution in [0.4, 0.5) is 0 Å². The first-order valence-corrected chi connectivity index (χ1v) is 9.54. The maximum atomic E-state index is 12.6. The molecule has 1 aliphatic carbocycles. The Morgan fingerprint density at radius 1 is 1.36 bits per heavy atom. The highest BCUT2D eigenvalue weighted by molar-refractivity contribution is 7.13. The Morgan fingerprint density at radius 3 is 2.84 bits per heavy atom. The summed E-state index contributed by atoms with van der Waals surface area (Å²) in [6, 6.07) is -0.404. The van der Waals surface area contributed by atoms with Gasteiger partial charge < -0.3 is 20.2 Å². The average Bonchev–Trinajstić information content (AvgIpc) is 2.99. The Hall–Kier alpha value is -1.51. The summed E-state index contributed by atoms with van der Waals surface area (Å²) in [7, 11) is 5.53. The van der Waals surface area contributed by atoms with Crippen LogP contribution in [0.3, 0.4) is 0 Å². The number of nitrogens with zero attached hydrogens (tertiary/aromatic N) is 3. The number of carbonyl (C=O) groups is 2. The number of thiazole rings is 1. The molecule has 1 aromatic rings. The molecular weight excluding hydrogens is 340 g/mol. The fourth-order valence-electron chi connectivity index (χ4n) is 3.55. The molecule has 2 aliphatic rings. The van der Waals surface area contributed by atoms with Crippen LogP contribution in [0.5, 0.6) is 0 Å². The predicted octanol–water partition coefficient (Wildman–Crippen LogP) is 0.479. The van der Waals surface area contributed by atoms with Gasteiger partial charge in [0, 0.05) is 44.4 Å². The van der Waals surface area contributed by atoms with Gasteiger partial charge in [0.2, 0.25) is 5.91 Å². The second kappa shape index (κ2) is 7.39. The molecule has 2 amide bonds. The lowest BCUT2D eigenvalue weighted by Gasteiger charge is -2.34. The number of rotatable bonds is 3. The molecular formula is C17H26N4O3S. The smallest absolute Gasteiger partial charge is 0.280 e. The Morgan fingerprint density at radius 2 is 2.12 bits per heavy atom. The first-order valence-electron chi connectivity index (χ1n) is 8.72. The quantitative estimate of drug-likeness (QED) is 0.813. The number of carbonyl (C=O) groups excluding carboxylic acids is 2. The SMILES string of the molecule is CN1CCc2nc(C(=O)N[C@@H]3C[C@@H](C(=O)N(C)C)CC[C@H]3O)sc2C1. The Balaban J connectivity index is 1.66. The van der Waals surface area contributed by atoms with Crippen molar-refractivity contribution in [3.8, 4) is 0 Å². The second-order valence-corrected chi connectivity index (χ2v) is 8.35. The molecule has 0 aromatic carbocycles. The minimum Gasteiger partial charge on any atom is -0.391 e. The zero-order valence-electron chi connectivity index (χ0n) is 15.0. The monoisotopic (exact) mass is 366 g/mol. The predicted molar refractivity (Wildman–Crippen MR) is 95.4 cm³/mol. The van der Waals surface area contributed by atoms with Gasteiger partial charge in [-0.25, -0.2) is 4.98 Å². The van der Waals surface area contributed by atoms with Crippen molar-refractivity contribution >= 4 is 23.2 Å². The summed E-state index contributed by atoms with van der Waals surface area (Å²) in [6.45, 7) is 1.78. The molecule has 7 nitrogen and oxygen atoms in total. The first kappa shape index (κ1) is 18.3. The van der Waals surface area contributed by atoms with Gasteiger partial charge in [0.15, 0.2) is 5.01 Å². The summed E-state index contributed by atoms with van der Waals surface area (Å²) < 4.78 is 0. The molecule has 25 heavy (non-hydrogen) atoms. The molecule has 8 heteroatoms. The number of fused-ring (bicyclic) bond motifs is 1. The van der Waals surface area contributed by atoms with Gasteiger partial charge in [-0.2, -0.15) is 0 Å². The summed E-state index contributed by atoms with van der Waals surface area (Å²) in [5.41, 5.74) is 1.01. The Labute approximate surface area is 152 Å². The van der Waals surface area contributed by atoms with Gasteiger partial charge >= 0.3 is 0 Å². The fourth-order valence-corrected chi connectivity index (χ4v) is 4.64. The van der Waals surface area contributed by atoms with Crippen molar-refractivity contribution < 1.29 is 14.7 Å². The third-order valence-corrected chi connectivity index (χ3v) is 6.12. The summed E-state index contributed by atoms with van der Waals surface area (Å²) in [5.74, 6) is -0.343. The van der Waals surface area contributed by atoms with Gasteiger partial charge in [-0.05, 0) is 26.3 Å². The summed E-state index contributed by atoms with van der Waals surface area (Å²) in [5, 5.41) is 13.6. The van der Waals surface area contributed by atoms with Gasteiger partial charge in [0.1, 0.15) is 0 Å². The lowest BCUT2D eigenvalue weighted by atomic mass is 9.83. The zero-order valence-corrected chi connectivity index (χ0v) is 15.8. The van der Waals surface area contributed by atoms with Crippen molar-refractivity contribution in [1.82, 2.24) is 20.1 Å². The third kappa shape index (κ3) is 4.02. The largest absolute Gasteiger partial charge is 0.391 e. The van der Waals surface area contributed by atoms with Crippen LogP contribution in [-0.4, -0.2) is 71.5 Å². The molecule has 3 rings (SSSR count). The number of aromatic nitrogens is 1. The van der Waals surface area contributed by atoms with Gasteiger partial charge in [-0.15, -0.1) is 11.3 Å². The van der Waals surface area contributed by atoms with Crippen LogP contribution in [-0.2, 0) is 17.8 Å². The third-order valence-electron chi connectivity index (χ3n) is 5.04. The van der Waals surface area contributed by atoms with Crippen LogP contribution in [0, 0.1) is 5.92 Å². The van der Waals surface area contributed by atoms with Gasteiger partial charge in [-0.3, -0.25) is 9.59 Å². The van der Waals surface area contributed by atoms with E-state index < -0.39 is 12.1 Å². The Kier molecular flexibility index (Phi) is 5.41. The molecule has 0 spiro atoms. The van der Waals surface area contributed by atoms with Crippen LogP contribution >= 0.6 is 11.3 Å². The Bertz CT molecular complexity index is 660. The van der Waals surface area contributed by atoms with Crippen molar-refractivity contribution in [2.75, 3.05) is 27.7 Å². The molecule has 0 unspecified atom stereocenters. The van der Waals surface area contributed by atoms with E-state index in [0.717, 1.165) is 30.1 Å². The molecule has 1 fully saturated rings. The topological polar surface area (TPSA) is 85.8 Å². The van der Waals surface area contributed by atoms with Crippen LogP contribution in [0.1, 0.15) is 39.6 Å². The van der Waals surface area contributed by atoms with Crippen molar-refractivity contribution in [3.63, 3.8) is 0 Å². The molecule has 0 radical (unpaired) electrons. The van der Waals surface area contributed by atoms with Crippen molar-refractivity contribution in [2.24, 2.45) is 5.92 Å². The molecule has 1 aliphatic heterocycles. The van der Waals surface area contributed by atoms with E-state index in [1.807, 2.05) is 0 Å². The van der Waals surface area contributed by atoms with Gasteiger partial charge in [0.25, 0.3) is 5.91 Å². The normalized spacial score (nSPS) is 26.8. The highest BCUT2D eigenvalue weighted by Crippen LogP contribution is 2.28. The minimum atomic E-state index is -0.615. The van der Waals surface area contributed by atoms with E-state index in [1.165, 1.54) is 11.3 Å². The number of likely N-dealkylation sites (N-methyl/N-ethyl adjacent to an activating group) is 1. The van der Waals surface area contributed by atoms with Crippen LogP contribution in [0.25, 0.3) is 0 Å². The minimum absolute atomic E-state index is 0.0545. The highest BCUT2D eigenvalue weighted by Gasteiger charge is 2.35. The zero-order chi connectivity index (χ0) is 18.1. The number of nitrogens with one attached hydrogen (secondary N) is 1. The number of aliphatic hydroxyl groups is 1. The summed E-state index contributed by atoms with van der Waals surface area (Å²) in [6.07, 6.45) is 1.89. The average molecular weight is 366 g/mol. The van der Waals surface area contributed by atoms with E-state index in [1.54, 1.807) is 19.0 Å². The van der Waals surface area contributed by atoms with Crippen LogP contribution < -0.4 is 5.32 Å². The number of amides is 2. The number of hydrogen-bond donors (Lipinski definition) is 2. The summed E-state index contributed by atoms with van der Waals surface area (Å²) in [4.78, 5) is 34.2. The van der Waals surface area contributed by atoms with Gasteiger partial charge in [0.05, 0.1) is 17.8 Å². The molecule has 2 heterocycles. The summed E-state index contributed by atoms with van der Waals surface area (Å²) >= 11 is 1.43. The van der Waals surface area contributed by atoms with E-state index in [0.29, 0.717) is 24.3 Å². The molecule has 138 valence electrons. The van der Waals surface area contributed by atoms with Gasteiger partial charge in [-0.1, -0.05) is 0 Å². The molecule has 1 aromatic heterocycles. The fraction of sp³-hybridized carbons (Fsp3) is 0.706. The number of hydrogen-bond acceptors (Lipinski definition) is 6. The lowest BCUT2D eigenvalue weighted by molar-refractivity contribution is -0.135. The highest BCUT2D eigenvalue weighted by atomic mass is 32.1.